The molecule has 16 heavy (non-hydrogen) atoms. The van der Waals surface area contributed by atoms with Gasteiger partial charge < -0.3 is 20.1 Å². The zero-order chi connectivity index (χ0) is 12.1. The second-order valence-corrected chi connectivity index (χ2v) is 3.06. The molecule has 0 spiro atoms. The van der Waals surface area contributed by atoms with Gasteiger partial charge in [0.1, 0.15) is 12.7 Å². The van der Waals surface area contributed by atoms with Crippen molar-refractivity contribution in [1.29, 1.82) is 0 Å². The van der Waals surface area contributed by atoms with Gasteiger partial charge in [-0.1, -0.05) is 0 Å². The summed E-state index contributed by atoms with van der Waals surface area (Å²) in [6.45, 7) is -0.749. The fourth-order valence-corrected chi connectivity index (χ4v) is 0.971. The average molecular weight is 229 g/mol. The van der Waals surface area contributed by atoms with Crippen molar-refractivity contribution >= 4 is 5.69 Å². The summed E-state index contributed by atoms with van der Waals surface area (Å²) < 4.78 is 4.92. The van der Waals surface area contributed by atoms with Crippen molar-refractivity contribution in [3.63, 3.8) is 0 Å². The maximum atomic E-state index is 10.4. The van der Waals surface area contributed by atoms with Gasteiger partial charge >= 0.3 is 0 Å². The number of aliphatic hydroxyl groups is 2. The van der Waals surface area contributed by atoms with Gasteiger partial charge in [-0.05, 0) is 6.07 Å². The van der Waals surface area contributed by atoms with Crippen LogP contribution >= 0.6 is 0 Å². The topological polar surface area (TPSA) is 113 Å². The minimum Gasteiger partial charge on any atom is -0.504 e. The molecule has 1 aromatic carbocycles. The molecule has 0 aliphatic rings. The molecule has 1 rings (SSSR count). The number of nitrogens with zero attached hydrogens (tertiary/aromatic N) is 1. The van der Waals surface area contributed by atoms with Crippen molar-refractivity contribution in [3.8, 4) is 11.5 Å². The molecule has 0 bridgehead atoms. The Morgan fingerprint density at radius 3 is 2.75 bits per heavy atom. The number of aliphatic hydroxyl groups excluding tert-OH is 2. The summed E-state index contributed by atoms with van der Waals surface area (Å²) in [6.07, 6.45) is -1.10. The third-order valence-electron chi connectivity index (χ3n) is 1.80. The van der Waals surface area contributed by atoms with E-state index in [1.807, 2.05) is 0 Å². The first-order valence-corrected chi connectivity index (χ1v) is 4.43. The first kappa shape index (κ1) is 12.2. The number of hydrogen-bond donors (Lipinski definition) is 3. The van der Waals surface area contributed by atoms with Gasteiger partial charge in [0.15, 0.2) is 11.5 Å². The predicted molar refractivity (Wildman–Crippen MR) is 53.3 cm³/mol. The molecule has 0 saturated heterocycles. The fourth-order valence-electron chi connectivity index (χ4n) is 0.971. The van der Waals surface area contributed by atoms with E-state index in [9.17, 15) is 15.2 Å². The van der Waals surface area contributed by atoms with Crippen LogP contribution < -0.4 is 4.74 Å². The molecule has 1 aromatic rings. The molecule has 7 heteroatoms. The Kier molecular flexibility index (Phi) is 4.03. The highest BCUT2D eigenvalue weighted by Gasteiger charge is 2.12. The lowest BCUT2D eigenvalue weighted by molar-refractivity contribution is -0.385. The largest absolute Gasteiger partial charge is 0.504 e. The van der Waals surface area contributed by atoms with Crippen LogP contribution in [0.5, 0.6) is 11.5 Å². The number of nitro benzene ring substituents is 1. The number of non-ortho nitro benzene ring substituents is 1. The van der Waals surface area contributed by atoms with E-state index in [4.69, 9.17) is 14.9 Å². The smallest absolute Gasteiger partial charge is 0.273 e. The van der Waals surface area contributed by atoms with E-state index in [0.717, 1.165) is 18.2 Å². The van der Waals surface area contributed by atoms with Gasteiger partial charge in [-0.25, -0.2) is 0 Å². The van der Waals surface area contributed by atoms with Gasteiger partial charge in [-0.3, -0.25) is 10.1 Å². The van der Waals surface area contributed by atoms with Gasteiger partial charge in [0, 0.05) is 6.07 Å². The molecule has 1 atom stereocenters. The standard InChI is InChI=1S/C9H11NO6/c11-4-7(12)5-16-9-3-6(10(14)15)1-2-8(9)13/h1-3,7,11-13H,4-5H2. The summed E-state index contributed by atoms with van der Waals surface area (Å²) >= 11 is 0. The van der Waals surface area contributed by atoms with E-state index >= 15 is 0 Å². The van der Waals surface area contributed by atoms with Crippen molar-refractivity contribution in [2.45, 2.75) is 6.10 Å². The Bertz CT molecular complexity index is 380. The van der Waals surface area contributed by atoms with Crippen LogP contribution in [0, 0.1) is 10.1 Å². The molecule has 0 fully saturated rings. The highest BCUT2D eigenvalue weighted by Crippen LogP contribution is 2.30. The maximum absolute atomic E-state index is 10.4. The second kappa shape index (κ2) is 5.29. The summed E-state index contributed by atoms with van der Waals surface area (Å²) in [5, 5.41) is 37.3. The number of rotatable bonds is 5. The van der Waals surface area contributed by atoms with Crippen molar-refractivity contribution in [2.24, 2.45) is 0 Å². The molecule has 0 radical (unpaired) electrons. The summed E-state index contributed by atoms with van der Waals surface area (Å²) in [5.41, 5.74) is -0.230. The van der Waals surface area contributed by atoms with Crippen LogP contribution in [0.25, 0.3) is 0 Å². The Balaban J connectivity index is 2.78. The van der Waals surface area contributed by atoms with E-state index in [2.05, 4.69) is 0 Å². The van der Waals surface area contributed by atoms with Crippen molar-refractivity contribution in [1.82, 2.24) is 0 Å². The number of ether oxygens (including phenoxy) is 1. The SMILES string of the molecule is O=[N+]([O-])c1ccc(O)c(OCC(O)CO)c1. The molecule has 88 valence electrons. The maximum Gasteiger partial charge on any atom is 0.273 e. The highest BCUT2D eigenvalue weighted by molar-refractivity contribution is 5.47. The minimum atomic E-state index is -1.10. The van der Waals surface area contributed by atoms with Crippen molar-refractivity contribution < 1.29 is 25.0 Å². The summed E-state index contributed by atoms with van der Waals surface area (Å²) in [7, 11) is 0. The number of hydrogen-bond acceptors (Lipinski definition) is 6. The Morgan fingerprint density at radius 1 is 1.50 bits per heavy atom. The molecule has 0 heterocycles. The Morgan fingerprint density at radius 2 is 2.19 bits per heavy atom. The zero-order valence-corrected chi connectivity index (χ0v) is 8.24. The van der Waals surface area contributed by atoms with Crippen molar-refractivity contribution in [2.75, 3.05) is 13.2 Å². The lowest BCUT2D eigenvalue weighted by Crippen LogP contribution is -2.21. The highest BCUT2D eigenvalue weighted by atomic mass is 16.6. The van der Waals surface area contributed by atoms with Crippen LogP contribution in [-0.2, 0) is 0 Å². The Labute approximate surface area is 90.7 Å². The molecule has 7 nitrogen and oxygen atoms in total. The Hall–Kier alpha value is -1.86. The molecule has 0 saturated carbocycles. The van der Waals surface area contributed by atoms with Crippen LogP contribution in [0.1, 0.15) is 0 Å². The van der Waals surface area contributed by atoms with Crippen LogP contribution in [0.3, 0.4) is 0 Å². The van der Waals surface area contributed by atoms with E-state index in [1.54, 1.807) is 0 Å². The number of phenols is 1. The molecule has 0 amide bonds. The zero-order valence-electron chi connectivity index (χ0n) is 8.24. The van der Waals surface area contributed by atoms with Gasteiger partial charge in [-0.2, -0.15) is 0 Å². The molecular formula is C9H11NO6. The average Bonchev–Trinajstić information content (AvgIpc) is 2.27. The normalized spacial score (nSPS) is 12.1. The van der Waals surface area contributed by atoms with Gasteiger partial charge in [0.2, 0.25) is 0 Å². The van der Waals surface area contributed by atoms with E-state index in [0.29, 0.717) is 0 Å². The molecular weight excluding hydrogens is 218 g/mol. The lowest BCUT2D eigenvalue weighted by atomic mass is 10.3. The summed E-state index contributed by atoms with van der Waals surface area (Å²) in [6, 6.07) is 3.29. The lowest BCUT2D eigenvalue weighted by Gasteiger charge is -2.10. The monoisotopic (exact) mass is 229 g/mol. The number of benzene rings is 1. The first-order chi connectivity index (χ1) is 7.54. The quantitative estimate of drug-likeness (QED) is 0.485. The summed E-state index contributed by atoms with van der Waals surface area (Å²) in [5.74, 6) is -0.377. The number of nitro groups is 1. The molecule has 0 aliphatic heterocycles. The molecule has 1 unspecified atom stereocenters. The van der Waals surface area contributed by atoms with E-state index < -0.39 is 17.6 Å². The number of aromatic hydroxyl groups is 1. The van der Waals surface area contributed by atoms with Gasteiger partial charge in [0.25, 0.3) is 5.69 Å². The number of phenolic OH excluding ortho intramolecular Hbond substituents is 1. The van der Waals surface area contributed by atoms with Crippen molar-refractivity contribution in [3.05, 3.63) is 28.3 Å². The van der Waals surface area contributed by atoms with Gasteiger partial charge in [-0.15, -0.1) is 0 Å². The third-order valence-corrected chi connectivity index (χ3v) is 1.80. The van der Waals surface area contributed by atoms with Crippen LogP contribution in [0.15, 0.2) is 18.2 Å². The molecule has 0 aliphatic carbocycles. The van der Waals surface area contributed by atoms with Crippen LogP contribution in [0.4, 0.5) is 5.69 Å². The molecule has 0 aromatic heterocycles. The predicted octanol–water partition coefficient (Wildman–Crippen LogP) is 0.0324. The molecule has 3 N–H and O–H groups in total. The van der Waals surface area contributed by atoms with Crippen LogP contribution in [0.2, 0.25) is 0 Å². The first-order valence-electron chi connectivity index (χ1n) is 4.43. The minimum absolute atomic E-state index is 0.110. The second-order valence-electron chi connectivity index (χ2n) is 3.06. The van der Waals surface area contributed by atoms with Crippen LogP contribution in [-0.4, -0.2) is 39.6 Å². The van der Waals surface area contributed by atoms with E-state index in [-0.39, 0.29) is 23.8 Å². The fraction of sp³-hybridized carbons (Fsp3) is 0.333. The van der Waals surface area contributed by atoms with E-state index in [1.165, 1.54) is 0 Å². The van der Waals surface area contributed by atoms with Gasteiger partial charge in [0.05, 0.1) is 17.6 Å². The summed E-state index contributed by atoms with van der Waals surface area (Å²) in [4.78, 5) is 9.81. The third kappa shape index (κ3) is 3.07.